The first kappa shape index (κ1) is 13.3. The number of nitrogens with one attached hydrogen (secondary N) is 1. The van der Waals surface area contributed by atoms with Crippen LogP contribution in [0.2, 0.25) is 0 Å². The standard InChI is InChI=1S/C15H25NS/c1-5-9-17-10-8-16-13-14(2,3)12-6-7-15(13,4)11-12/h1,12-13,16H,6-11H2,2-4H3/t12-,13?,15+/m0/s1. The molecule has 0 saturated heterocycles. The molecule has 2 aliphatic carbocycles. The third kappa shape index (κ3) is 2.37. The van der Waals surface area contributed by atoms with Crippen LogP contribution in [0.5, 0.6) is 0 Å². The van der Waals surface area contributed by atoms with E-state index in [2.05, 4.69) is 32.0 Å². The average Bonchev–Trinajstić information content (AvgIpc) is 2.73. The highest BCUT2D eigenvalue weighted by molar-refractivity contribution is 7.99. The first-order chi connectivity index (χ1) is 8.00. The summed E-state index contributed by atoms with van der Waals surface area (Å²) < 4.78 is 0. The van der Waals surface area contributed by atoms with Crippen molar-refractivity contribution >= 4 is 11.8 Å². The lowest BCUT2D eigenvalue weighted by atomic mass is 9.68. The van der Waals surface area contributed by atoms with Crippen molar-refractivity contribution in [1.82, 2.24) is 5.32 Å². The topological polar surface area (TPSA) is 12.0 Å². The van der Waals surface area contributed by atoms with E-state index in [1.54, 1.807) is 0 Å². The zero-order valence-electron chi connectivity index (χ0n) is 11.4. The minimum Gasteiger partial charge on any atom is -0.312 e. The Morgan fingerprint density at radius 1 is 1.41 bits per heavy atom. The minimum atomic E-state index is 0.476. The van der Waals surface area contributed by atoms with Gasteiger partial charge in [-0.2, -0.15) is 0 Å². The van der Waals surface area contributed by atoms with Crippen molar-refractivity contribution in [3.63, 3.8) is 0 Å². The Morgan fingerprint density at radius 2 is 2.18 bits per heavy atom. The summed E-state index contributed by atoms with van der Waals surface area (Å²) in [4.78, 5) is 0. The minimum absolute atomic E-state index is 0.476. The molecule has 0 spiro atoms. The van der Waals surface area contributed by atoms with Crippen LogP contribution in [0.3, 0.4) is 0 Å². The summed E-state index contributed by atoms with van der Waals surface area (Å²) in [5, 5.41) is 3.81. The summed E-state index contributed by atoms with van der Waals surface area (Å²) >= 11 is 1.86. The molecule has 0 aromatic rings. The zero-order chi connectivity index (χ0) is 12.5. The molecule has 2 saturated carbocycles. The van der Waals surface area contributed by atoms with Gasteiger partial charge in [0.2, 0.25) is 0 Å². The molecule has 0 aromatic heterocycles. The third-order valence-corrected chi connectivity index (χ3v) is 5.91. The Hall–Kier alpha value is -0.130. The third-order valence-electron chi connectivity index (χ3n) is 5.05. The summed E-state index contributed by atoms with van der Waals surface area (Å²) in [5.74, 6) is 5.60. The van der Waals surface area contributed by atoms with Crippen LogP contribution in [0.15, 0.2) is 0 Å². The Balaban J connectivity index is 1.86. The second kappa shape index (κ2) is 4.86. The first-order valence-electron chi connectivity index (χ1n) is 6.75. The molecule has 17 heavy (non-hydrogen) atoms. The highest BCUT2D eigenvalue weighted by Gasteiger charge is 2.58. The summed E-state index contributed by atoms with van der Waals surface area (Å²) in [5.41, 5.74) is 1.02. The molecule has 0 amide bonds. The number of hydrogen-bond acceptors (Lipinski definition) is 2. The van der Waals surface area contributed by atoms with Crippen molar-refractivity contribution in [1.29, 1.82) is 0 Å². The number of fused-ring (bicyclic) bond motifs is 2. The molecule has 1 N–H and O–H groups in total. The summed E-state index contributed by atoms with van der Waals surface area (Å²) in [6.45, 7) is 8.49. The first-order valence-corrected chi connectivity index (χ1v) is 7.91. The SMILES string of the molecule is C#CCSCCNC1C(C)(C)[C@H]2CC[C@]1(C)C2. The van der Waals surface area contributed by atoms with Gasteiger partial charge in [0.05, 0.1) is 5.75 Å². The molecule has 0 radical (unpaired) electrons. The van der Waals surface area contributed by atoms with Crippen LogP contribution in [-0.4, -0.2) is 24.1 Å². The zero-order valence-corrected chi connectivity index (χ0v) is 12.2. The number of rotatable bonds is 5. The van der Waals surface area contributed by atoms with Crippen LogP contribution in [-0.2, 0) is 0 Å². The molecule has 0 heterocycles. The maximum absolute atomic E-state index is 5.26. The number of hydrogen-bond donors (Lipinski definition) is 1. The Morgan fingerprint density at radius 3 is 2.76 bits per heavy atom. The van der Waals surface area contributed by atoms with E-state index in [0.717, 1.165) is 24.0 Å². The van der Waals surface area contributed by atoms with Crippen molar-refractivity contribution in [2.45, 2.75) is 46.1 Å². The molecular weight excluding hydrogens is 226 g/mol. The average molecular weight is 251 g/mol. The van der Waals surface area contributed by atoms with E-state index in [4.69, 9.17) is 6.42 Å². The van der Waals surface area contributed by atoms with Gasteiger partial charge >= 0.3 is 0 Å². The molecule has 3 atom stereocenters. The van der Waals surface area contributed by atoms with Gasteiger partial charge in [-0.15, -0.1) is 18.2 Å². The van der Waals surface area contributed by atoms with Crippen molar-refractivity contribution in [2.24, 2.45) is 16.7 Å². The van der Waals surface area contributed by atoms with E-state index in [1.807, 2.05) is 11.8 Å². The van der Waals surface area contributed by atoms with Gasteiger partial charge in [-0.3, -0.25) is 0 Å². The number of terminal acetylenes is 1. The normalized spacial score (nSPS) is 38.2. The molecule has 1 nitrogen and oxygen atoms in total. The van der Waals surface area contributed by atoms with E-state index in [-0.39, 0.29) is 0 Å². The van der Waals surface area contributed by atoms with Crippen LogP contribution in [0.1, 0.15) is 40.0 Å². The summed E-state index contributed by atoms with van der Waals surface area (Å²) in [6, 6.07) is 0.695. The fraction of sp³-hybridized carbons (Fsp3) is 0.867. The quantitative estimate of drug-likeness (QED) is 0.595. The lowest BCUT2D eigenvalue weighted by Crippen LogP contribution is -2.50. The van der Waals surface area contributed by atoms with Gasteiger partial charge in [-0.1, -0.05) is 26.7 Å². The van der Waals surface area contributed by atoms with Crippen molar-refractivity contribution in [3.8, 4) is 12.3 Å². The van der Waals surface area contributed by atoms with E-state index in [0.29, 0.717) is 16.9 Å². The molecule has 0 aromatic carbocycles. The Kier molecular flexibility index (Phi) is 3.80. The largest absolute Gasteiger partial charge is 0.312 e. The molecule has 2 bridgehead atoms. The van der Waals surface area contributed by atoms with E-state index < -0.39 is 0 Å². The van der Waals surface area contributed by atoms with Gasteiger partial charge in [0.25, 0.3) is 0 Å². The van der Waals surface area contributed by atoms with Crippen LogP contribution in [0.4, 0.5) is 0 Å². The van der Waals surface area contributed by atoms with E-state index in [9.17, 15) is 0 Å². The van der Waals surface area contributed by atoms with Gasteiger partial charge in [0.1, 0.15) is 0 Å². The Bertz CT molecular complexity index is 313. The van der Waals surface area contributed by atoms with Crippen LogP contribution in [0.25, 0.3) is 0 Å². The van der Waals surface area contributed by atoms with Crippen molar-refractivity contribution < 1.29 is 0 Å². The molecule has 0 aliphatic heterocycles. The monoisotopic (exact) mass is 251 g/mol. The lowest BCUT2D eigenvalue weighted by Gasteiger charge is -2.43. The van der Waals surface area contributed by atoms with Crippen molar-refractivity contribution in [3.05, 3.63) is 0 Å². The molecule has 2 aliphatic rings. The van der Waals surface area contributed by atoms with Gasteiger partial charge in [-0.05, 0) is 36.0 Å². The highest BCUT2D eigenvalue weighted by Crippen LogP contribution is 2.62. The molecule has 96 valence electrons. The highest BCUT2D eigenvalue weighted by atomic mass is 32.2. The smallest absolute Gasteiger partial charge is 0.0545 e. The van der Waals surface area contributed by atoms with E-state index >= 15 is 0 Å². The summed E-state index contributed by atoms with van der Waals surface area (Å²) in [6.07, 6.45) is 9.53. The predicted octanol–water partition coefficient (Wildman–Crippen LogP) is 3.16. The summed E-state index contributed by atoms with van der Waals surface area (Å²) in [7, 11) is 0. The Labute approximate surface area is 111 Å². The van der Waals surface area contributed by atoms with Crippen LogP contribution >= 0.6 is 11.8 Å². The van der Waals surface area contributed by atoms with Crippen molar-refractivity contribution in [2.75, 3.05) is 18.1 Å². The lowest BCUT2D eigenvalue weighted by molar-refractivity contribution is 0.111. The van der Waals surface area contributed by atoms with Gasteiger partial charge in [0.15, 0.2) is 0 Å². The van der Waals surface area contributed by atoms with Gasteiger partial charge in [0, 0.05) is 18.3 Å². The molecule has 2 rings (SSSR count). The fourth-order valence-corrected chi connectivity index (χ4v) is 4.74. The van der Waals surface area contributed by atoms with Gasteiger partial charge < -0.3 is 5.32 Å². The number of thioether (sulfide) groups is 1. The second-order valence-corrected chi connectivity index (χ2v) is 7.66. The van der Waals surface area contributed by atoms with Gasteiger partial charge in [-0.25, -0.2) is 0 Å². The predicted molar refractivity (Wildman–Crippen MR) is 77.2 cm³/mol. The van der Waals surface area contributed by atoms with E-state index in [1.165, 1.54) is 19.3 Å². The molecule has 2 heteroatoms. The molecular formula is C15H25NS. The maximum atomic E-state index is 5.26. The maximum Gasteiger partial charge on any atom is 0.0545 e. The molecule has 2 fully saturated rings. The van der Waals surface area contributed by atoms with Crippen LogP contribution in [0, 0.1) is 29.1 Å². The second-order valence-electron chi connectivity index (χ2n) is 6.56. The molecule has 1 unspecified atom stereocenters. The fourth-order valence-electron chi connectivity index (χ4n) is 4.22. The van der Waals surface area contributed by atoms with Crippen LogP contribution < -0.4 is 5.32 Å².